The van der Waals surface area contributed by atoms with Gasteiger partial charge in [-0.25, -0.2) is 9.13 Å². The van der Waals surface area contributed by atoms with Crippen LogP contribution < -0.4 is 4.57 Å². The molecule has 54 valence electrons. The summed E-state index contributed by atoms with van der Waals surface area (Å²) in [6.07, 6.45) is 8.14. The highest BCUT2D eigenvalue weighted by Gasteiger charge is 1.93. The molecule has 0 aliphatic carbocycles. The van der Waals surface area contributed by atoms with E-state index in [2.05, 4.69) is 20.0 Å². The molecule has 0 saturated heterocycles. The monoisotopic (exact) mass is 137 g/mol. The lowest BCUT2D eigenvalue weighted by atomic mass is 10.4. The molecule has 0 spiro atoms. The van der Waals surface area contributed by atoms with Crippen molar-refractivity contribution in [3.05, 3.63) is 24.3 Å². The maximum Gasteiger partial charge on any atom is 0.248 e. The van der Waals surface area contributed by atoms with Crippen LogP contribution in [0.3, 0.4) is 0 Å². The van der Waals surface area contributed by atoms with E-state index >= 15 is 0 Å². The van der Waals surface area contributed by atoms with E-state index in [4.69, 9.17) is 0 Å². The van der Waals surface area contributed by atoms with Crippen molar-refractivity contribution in [1.82, 2.24) is 4.57 Å². The lowest BCUT2D eigenvalue weighted by Crippen LogP contribution is -2.23. The van der Waals surface area contributed by atoms with Crippen LogP contribution in [0.15, 0.2) is 24.3 Å². The maximum absolute atomic E-state index is 2.08. The molecule has 0 aliphatic rings. The van der Waals surface area contributed by atoms with Gasteiger partial charge in [0, 0.05) is 0 Å². The van der Waals surface area contributed by atoms with Crippen molar-refractivity contribution in [2.75, 3.05) is 0 Å². The number of allylic oxidation sites excluding steroid dienone is 1. The smallest absolute Gasteiger partial charge is 0.239 e. The number of aromatic nitrogens is 2. The van der Waals surface area contributed by atoms with E-state index in [-0.39, 0.29) is 0 Å². The Kier molecular flexibility index (Phi) is 1.90. The number of aryl methyl sites for hydroxylation is 1. The van der Waals surface area contributed by atoms with Crippen molar-refractivity contribution >= 4 is 6.20 Å². The summed E-state index contributed by atoms with van der Waals surface area (Å²) in [5, 5.41) is 0. The first-order valence-electron chi connectivity index (χ1n) is 3.36. The summed E-state index contributed by atoms with van der Waals surface area (Å²) in [6, 6.07) is 0. The predicted molar refractivity (Wildman–Crippen MR) is 41.2 cm³/mol. The molecule has 2 heteroatoms. The van der Waals surface area contributed by atoms with Crippen molar-refractivity contribution in [2.24, 2.45) is 7.05 Å². The molecule has 0 aliphatic heterocycles. The minimum atomic E-state index is 1.30. The Balaban J connectivity index is 2.86. The minimum Gasteiger partial charge on any atom is -0.239 e. The average Bonchev–Trinajstić information content (AvgIpc) is 2.13. The van der Waals surface area contributed by atoms with Crippen molar-refractivity contribution in [2.45, 2.75) is 13.8 Å². The van der Waals surface area contributed by atoms with Crippen molar-refractivity contribution in [3.63, 3.8) is 0 Å². The fraction of sp³-hybridized carbons (Fsp3) is 0.375. The fourth-order valence-electron chi connectivity index (χ4n) is 0.844. The highest BCUT2D eigenvalue weighted by molar-refractivity contribution is 5.26. The zero-order valence-corrected chi connectivity index (χ0v) is 6.70. The molecule has 0 amide bonds. The Hall–Kier alpha value is -1.05. The molecular weight excluding hydrogens is 124 g/mol. The van der Waals surface area contributed by atoms with Gasteiger partial charge in [-0.15, -0.1) is 0 Å². The molecule has 0 unspecified atom stereocenters. The third-order valence-corrected chi connectivity index (χ3v) is 1.20. The van der Waals surface area contributed by atoms with Crippen LogP contribution >= 0.6 is 0 Å². The second-order valence-electron chi connectivity index (χ2n) is 2.73. The summed E-state index contributed by atoms with van der Waals surface area (Å²) in [6.45, 7) is 4.17. The van der Waals surface area contributed by atoms with E-state index in [1.54, 1.807) is 0 Å². The molecule has 1 aromatic rings. The van der Waals surface area contributed by atoms with Gasteiger partial charge in [-0.05, 0) is 19.4 Å². The number of imidazole rings is 1. The highest BCUT2D eigenvalue weighted by atomic mass is 15.1. The summed E-state index contributed by atoms with van der Waals surface area (Å²) in [7, 11) is 2.01. The van der Waals surface area contributed by atoms with E-state index in [1.807, 2.05) is 34.9 Å². The van der Waals surface area contributed by atoms with Gasteiger partial charge in [0.2, 0.25) is 6.33 Å². The second-order valence-corrected chi connectivity index (χ2v) is 2.73. The summed E-state index contributed by atoms with van der Waals surface area (Å²) < 4.78 is 4.05. The number of nitrogens with zero attached hydrogens (tertiary/aromatic N) is 2. The molecule has 0 atom stereocenters. The Morgan fingerprint density at radius 3 is 2.60 bits per heavy atom. The molecular formula is C8H13N2+. The molecule has 1 heterocycles. The molecule has 2 nitrogen and oxygen atoms in total. The van der Waals surface area contributed by atoms with Crippen molar-refractivity contribution in [3.8, 4) is 0 Å². The normalized spacial score (nSPS) is 9.50. The topological polar surface area (TPSA) is 8.81 Å². The average molecular weight is 137 g/mol. The van der Waals surface area contributed by atoms with Crippen LogP contribution in [0.1, 0.15) is 13.8 Å². The number of hydrogen-bond donors (Lipinski definition) is 0. The fourth-order valence-corrected chi connectivity index (χ4v) is 0.844. The van der Waals surface area contributed by atoms with E-state index in [0.717, 1.165) is 0 Å². The van der Waals surface area contributed by atoms with Crippen LogP contribution in [0, 0.1) is 0 Å². The van der Waals surface area contributed by atoms with Gasteiger partial charge in [0.25, 0.3) is 0 Å². The van der Waals surface area contributed by atoms with Gasteiger partial charge in [-0.1, -0.05) is 0 Å². The molecule has 0 radical (unpaired) electrons. The van der Waals surface area contributed by atoms with E-state index in [1.165, 1.54) is 5.57 Å². The van der Waals surface area contributed by atoms with Crippen LogP contribution in [0.4, 0.5) is 0 Å². The molecule has 0 bridgehead atoms. The molecule has 1 aromatic heterocycles. The maximum atomic E-state index is 2.08. The van der Waals surface area contributed by atoms with Gasteiger partial charge in [-0.2, -0.15) is 0 Å². The summed E-state index contributed by atoms with van der Waals surface area (Å²) >= 11 is 0. The lowest BCUT2D eigenvalue weighted by Gasteiger charge is -1.83. The molecule has 0 N–H and O–H groups in total. The van der Waals surface area contributed by atoms with Gasteiger partial charge in [0.15, 0.2) is 0 Å². The van der Waals surface area contributed by atoms with Crippen LogP contribution in [0.5, 0.6) is 0 Å². The molecule has 0 saturated carbocycles. The van der Waals surface area contributed by atoms with Gasteiger partial charge >= 0.3 is 0 Å². The van der Waals surface area contributed by atoms with Crippen LogP contribution in [-0.2, 0) is 7.05 Å². The molecule has 1 rings (SSSR count). The quantitative estimate of drug-likeness (QED) is 0.514. The first kappa shape index (κ1) is 7.06. The first-order chi connectivity index (χ1) is 4.68. The van der Waals surface area contributed by atoms with E-state index in [9.17, 15) is 0 Å². The van der Waals surface area contributed by atoms with Gasteiger partial charge in [0.05, 0.1) is 13.2 Å². The SMILES string of the molecule is CC(C)=Cn1cc[n+](C)c1. The Labute approximate surface area is 61.4 Å². The summed E-state index contributed by atoms with van der Waals surface area (Å²) in [5.41, 5.74) is 1.30. The third-order valence-electron chi connectivity index (χ3n) is 1.20. The number of hydrogen-bond acceptors (Lipinski definition) is 0. The van der Waals surface area contributed by atoms with Crippen molar-refractivity contribution < 1.29 is 4.57 Å². The molecule has 10 heavy (non-hydrogen) atoms. The minimum absolute atomic E-state index is 1.30. The van der Waals surface area contributed by atoms with Gasteiger partial charge in [-0.3, -0.25) is 0 Å². The van der Waals surface area contributed by atoms with Crippen molar-refractivity contribution in [1.29, 1.82) is 0 Å². The summed E-state index contributed by atoms with van der Waals surface area (Å²) in [4.78, 5) is 0. The van der Waals surface area contributed by atoms with Crippen LogP contribution in [0.25, 0.3) is 6.20 Å². The highest BCUT2D eigenvalue weighted by Crippen LogP contribution is 1.92. The van der Waals surface area contributed by atoms with Crippen LogP contribution in [-0.4, -0.2) is 4.57 Å². The second kappa shape index (κ2) is 2.69. The van der Waals surface area contributed by atoms with E-state index in [0.29, 0.717) is 0 Å². The number of rotatable bonds is 1. The lowest BCUT2D eigenvalue weighted by molar-refractivity contribution is -0.670. The van der Waals surface area contributed by atoms with Crippen LogP contribution in [0.2, 0.25) is 0 Å². The first-order valence-corrected chi connectivity index (χ1v) is 3.36. The van der Waals surface area contributed by atoms with Gasteiger partial charge < -0.3 is 0 Å². The Morgan fingerprint density at radius 2 is 2.20 bits per heavy atom. The molecule has 0 aromatic carbocycles. The zero-order valence-electron chi connectivity index (χ0n) is 6.70. The van der Waals surface area contributed by atoms with E-state index < -0.39 is 0 Å². The zero-order chi connectivity index (χ0) is 7.56. The standard InChI is InChI=1S/C8H13N2/c1-8(2)6-10-5-4-9(3)7-10/h4-7H,1-3H3/q+1. The Bertz CT molecular complexity index is 242. The summed E-state index contributed by atoms with van der Waals surface area (Å²) in [5.74, 6) is 0. The predicted octanol–water partition coefficient (Wildman–Crippen LogP) is 1.19. The van der Waals surface area contributed by atoms with Gasteiger partial charge in [0.1, 0.15) is 12.4 Å². The molecule has 0 fully saturated rings. The Morgan fingerprint density at radius 1 is 1.50 bits per heavy atom. The third kappa shape index (κ3) is 1.72. The largest absolute Gasteiger partial charge is 0.248 e.